The van der Waals surface area contributed by atoms with Gasteiger partial charge in [0.25, 0.3) is 0 Å². The van der Waals surface area contributed by atoms with Crippen molar-refractivity contribution in [2.24, 2.45) is 0 Å². The summed E-state index contributed by atoms with van der Waals surface area (Å²) in [7, 11) is 0. The smallest absolute Gasteiger partial charge is 0.242 e. The molecule has 1 amide bonds. The van der Waals surface area contributed by atoms with Crippen molar-refractivity contribution in [1.29, 1.82) is 0 Å². The Labute approximate surface area is 202 Å². The minimum atomic E-state index is 0.129. The van der Waals surface area contributed by atoms with Crippen molar-refractivity contribution in [2.75, 3.05) is 32.4 Å². The molecule has 0 N–H and O–H groups in total. The lowest BCUT2D eigenvalue weighted by Gasteiger charge is -2.34. The molecule has 0 aliphatic carbocycles. The van der Waals surface area contributed by atoms with Gasteiger partial charge in [-0.1, -0.05) is 41.6 Å². The first kappa shape index (κ1) is 22.6. The number of aryl methyl sites for hydroxylation is 1. The van der Waals surface area contributed by atoms with E-state index in [2.05, 4.69) is 25.9 Å². The van der Waals surface area contributed by atoms with Gasteiger partial charge in [0, 0.05) is 31.7 Å². The van der Waals surface area contributed by atoms with Gasteiger partial charge >= 0.3 is 0 Å². The first-order valence-electron chi connectivity index (χ1n) is 11.4. The Morgan fingerprint density at radius 3 is 2.59 bits per heavy atom. The number of fused-ring (bicyclic) bond motifs is 1. The van der Waals surface area contributed by atoms with Gasteiger partial charge in [0.1, 0.15) is 12.4 Å². The van der Waals surface area contributed by atoms with E-state index in [0.29, 0.717) is 37.9 Å². The van der Waals surface area contributed by atoms with Gasteiger partial charge in [-0.05, 0) is 30.9 Å². The number of amides is 1. The predicted molar refractivity (Wildman–Crippen MR) is 133 cm³/mol. The lowest BCUT2D eigenvalue weighted by Crippen LogP contribution is -2.49. The summed E-state index contributed by atoms with van der Waals surface area (Å²) in [4.78, 5) is 26.6. The maximum atomic E-state index is 13.1. The van der Waals surface area contributed by atoms with Gasteiger partial charge < -0.3 is 14.0 Å². The molecule has 8 nitrogen and oxygen atoms in total. The minimum absolute atomic E-state index is 0.129. The zero-order valence-electron chi connectivity index (χ0n) is 19.5. The van der Waals surface area contributed by atoms with E-state index in [0.717, 1.165) is 46.8 Å². The van der Waals surface area contributed by atoms with Gasteiger partial charge in [0.15, 0.2) is 0 Å². The highest BCUT2D eigenvalue weighted by molar-refractivity contribution is 7.97. The third kappa shape index (κ3) is 4.71. The SMILES string of the molecule is CSCc1nc2ccccc2n1CC(=O)N1CCN(Cc2nc(-c3ccccc3C)no2)CC1. The number of carbonyl (C=O) groups is 1. The lowest BCUT2D eigenvalue weighted by molar-refractivity contribution is -0.133. The molecule has 1 fully saturated rings. The summed E-state index contributed by atoms with van der Waals surface area (Å²) in [5, 5.41) is 4.16. The number of hydrogen-bond acceptors (Lipinski definition) is 7. The van der Waals surface area contributed by atoms with Gasteiger partial charge in [0.05, 0.1) is 23.3 Å². The fourth-order valence-corrected chi connectivity index (χ4v) is 4.85. The van der Waals surface area contributed by atoms with E-state index in [1.807, 2.05) is 60.4 Å². The second kappa shape index (κ2) is 9.99. The molecule has 9 heteroatoms. The molecule has 5 rings (SSSR count). The van der Waals surface area contributed by atoms with Crippen LogP contribution in [0.5, 0.6) is 0 Å². The van der Waals surface area contributed by atoms with Crippen LogP contribution in [0, 0.1) is 6.92 Å². The second-order valence-corrected chi connectivity index (χ2v) is 9.39. The van der Waals surface area contributed by atoms with E-state index in [9.17, 15) is 4.79 Å². The number of benzene rings is 2. The Morgan fingerprint density at radius 2 is 1.79 bits per heavy atom. The quantitative estimate of drug-likeness (QED) is 0.403. The maximum absolute atomic E-state index is 13.1. The number of nitrogens with zero attached hydrogens (tertiary/aromatic N) is 6. The van der Waals surface area contributed by atoms with Gasteiger partial charge in [-0.2, -0.15) is 16.7 Å². The summed E-state index contributed by atoms with van der Waals surface area (Å²) in [6, 6.07) is 16.0. The Hall–Kier alpha value is -3.17. The predicted octanol–water partition coefficient (Wildman–Crippen LogP) is 3.60. The van der Waals surface area contributed by atoms with E-state index in [4.69, 9.17) is 9.51 Å². The monoisotopic (exact) mass is 476 g/mol. The highest BCUT2D eigenvalue weighted by Crippen LogP contribution is 2.21. The standard InChI is InChI=1S/C25H28N6O2S/c1-18-7-3-4-8-19(18)25-27-23(33-28-25)15-29-11-13-30(14-12-29)24(32)16-31-21-10-6-5-9-20(21)26-22(31)17-34-2/h3-10H,11-17H2,1-2H3. The molecular weight excluding hydrogens is 448 g/mol. The van der Waals surface area contributed by atoms with Crippen molar-refractivity contribution in [3.63, 3.8) is 0 Å². The van der Waals surface area contributed by atoms with E-state index in [1.54, 1.807) is 11.8 Å². The number of rotatable bonds is 7. The van der Waals surface area contributed by atoms with Crippen molar-refractivity contribution < 1.29 is 9.32 Å². The Kier molecular flexibility index (Phi) is 6.64. The molecule has 0 spiro atoms. The van der Waals surface area contributed by atoms with Crippen LogP contribution < -0.4 is 0 Å². The van der Waals surface area contributed by atoms with E-state index in [-0.39, 0.29) is 5.91 Å². The van der Waals surface area contributed by atoms with Crippen LogP contribution in [-0.4, -0.2) is 67.8 Å². The molecule has 1 aliphatic heterocycles. The molecule has 0 bridgehead atoms. The third-order valence-electron chi connectivity index (χ3n) is 6.24. The molecule has 0 radical (unpaired) electrons. The van der Waals surface area contributed by atoms with Gasteiger partial charge in [-0.25, -0.2) is 4.98 Å². The van der Waals surface area contributed by atoms with E-state index in [1.165, 1.54) is 0 Å². The van der Waals surface area contributed by atoms with Crippen molar-refractivity contribution in [1.82, 2.24) is 29.5 Å². The molecule has 2 aromatic heterocycles. The first-order chi connectivity index (χ1) is 16.6. The highest BCUT2D eigenvalue weighted by atomic mass is 32.2. The van der Waals surface area contributed by atoms with Gasteiger partial charge in [-0.3, -0.25) is 9.69 Å². The number of para-hydroxylation sites is 2. The second-order valence-electron chi connectivity index (χ2n) is 8.52. The molecule has 0 unspecified atom stereocenters. The lowest BCUT2D eigenvalue weighted by atomic mass is 10.1. The molecular formula is C25H28N6O2S. The van der Waals surface area contributed by atoms with Crippen LogP contribution in [0.15, 0.2) is 53.1 Å². The average molecular weight is 477 g/mol. The molecule has 0 atom stereocenters. The first-order valence-corrected chi connectivity index (χ1v) is 12.8. The summed E-state index contributed by atoms with van der Waals surface area (Å²) in [5.74, 6) is 3.08. The van der Waals surface area contributed by atoms with Crippen LogP contribution in [0.3, 0.4) is 0 Å². The number of piperazine rings is 1. The fourth-order valence-electron chi connectivity index (χ4n) is 4.38. The van der Waals surface area contributed by atoms with E-state index < -0.39 is 0 Å². The Balaban J connectivity index is 1.19. The normalized spacial score (nSPS) is 14.7. The van der Waals surface area contributed by atoms with Crippen LogP contribution in [0.25, 0.3) is 22.4 Å². The van der Waals surface area contributed by atoms with Crippen LogP contribution >= 0.6 is 11.8 Å². The number of hydrogen-bond donors (Lipinski definition) is 0. The van der Waals surface area contributed by atoms with Crippen LogP contribution in [-0.2, 0) is 23.6 Å². The van der Waals surface area contributed by atoms with Crippen LogP contribution in [0.1, 0.15) is 17.3 Å². The maximum Gasteiger partial charge on any atom is 0.242 e. The Bertz CT molecular complexity index is 1290. The highest BCUT2D eigenvalue weighted by Gasteiger charge is 2.24. The number of imidazole rings is 1. The molecule has 0 saturated carbocycles. The zero-order valence-corrected chi connectivity index (χ0v) is 20.3. The number of carbonyl (C=O) groups excluding carboxylic acids is 1. The number of aromatic nitrogens is 4. The van der Waals surface area contributed by atoms with Crippen molar-refractivity contribution >= 4 is 28.7 Å². The molecule has 1 aliphatic rings. The minimum Gasteiger partial charge on any atom is -0.339 e. The van der Waals surface area contributed by atoms with Crippen LogP contribution in [0.4, 0.5) is 0 Å². The average Bonchev–Trinajstić information content (AvgIpc) is 3.45. The topological polar surface area (TPSA) is 80.3 Å². The summed E-state index contributed by atoms with van der Waals surface area (Å²) in [6.07, 6.45) is 2.05. The summed E-state index contributed by atoms with van der Waals surface area (Å²) >= 11 is 1.71. The number of thioether (sulfide) groups is 1. The summed E-state index contributed by atoms with van der Waals surface area (Å²) in [6.45, 7) is 5.86. The molecule has 2 aromatic carbocycles. The molecule has 4 aromatic rings. The summed E-state index contributed by atoms with van der Waals surface area (Å²) < 4.78 is 7.56. The van der Waals surface area contributed by atoms with Crippen molar-refractivity contribution in [2.45, 2.75) is 25.8 Å². The molecule has 1 saturated heterocycles. The van der Waals surface area contributed by atoms with Crippen molar-refractivity contribution in [3.8, 4) is 11.4 Å². The van der Waals surface area contributed by atoms with Gasteiger partial charge in [0.2, 0.25) is 17.6 Å². The molecule has 34 heavy (non-hydrogen) atoms. The largest absolute Gasteiger partial charge is 0.339 e. The molecule has 3 heterocycles. The molecule has 176 valence electrons. The summed E-state index contributed by atoms with van der Waals surface area (Å²) in [5.41, 5.74) is 4.06. The Morgan fingerprint density at radius 1 is 1.03 bits per heavy atom. The zero-order chi connectivity index (χ0) is 23.5. The van der Waals surface area contributed by atoms with Gasteiger partial charge in [-0.15, -0.1) is 0 Å². The van der Waals surface area contributed by atoms with Crippen molar-refractivity contribution in [3.05, 3.63) is 65.8 Å². The third-order valence-corrected chi connectivity index (χ3v) is 6.79. The van der Waals surface area contributed by atoms with E-state index >= 15 is 0 Å². The van der Waals surface area contributed by atoms with Crippen LogP contribution in [0.2, 0.25) is 0 Å². The fraction of sp³-hybridized carbons (Fsp3) is 0.360.